The number of hydrogen-bond acceptors (Lipinski definition) is 10. The van der Waals surface area contributed by atoms with Gasteiger partial charge in [-0.3, -0.25) is 9.97 Å². The van der Waals surface area contributed by atoms with E-state index in [1.807, 2.05) is 41.5 Å². The molecule has 0 fully saturated rings. The molecule has 0 saturated heterocycles. The summed E-state index contributed by atoms with van der Waals surface area (Å²) in [4.78, 5) is 26.9. The summed E-state index contributed by atoms with van der Waals surface area (Å²) >= 11 is 0. The highest BCUT2D eigenvalue weighted by molar-refractivity contribution is 5.83. The van der Waals surface area contributed by atoms with Crippen LogP contribution < -0.4 is 10.6 Å². The Morgan fingerprint density at radius 3 is 1.23 bits per heavy atom. The Kier molecular flexibility index (Phi) is 15.5. The third kappa shape index (κ3) is 16.7. The van der Waals surface area contributed by atoms with Gasteiger partial charge in [-0.05, 0) is 53.7 Å². The third-order valence-electron chi connectivity index (χ3n) is 4.68. The number of hydrogen-bond donors (Lipinski definition) is 8. The molecule has 0 saturated carbocycles. The molecule has 8 N–H and O–H groups in total. The van der Waals surface area contributed by atoms with E-state index >= 15 is 0 Å². The van der Waals surface area contributed by atoms with Crippen LogP contribution in [0.3, 0.4) is 0 Å². The number of aromatic nitrogens is 2. The molecule has 0 radical (unpaired) electrons. The van der Waals surface area contributed by atoms with Crippen molar-refractivity contribution >= 4 is 11.9 Å². The Balaban J connectivity index is 0.000000585. The van der Waals surface area contributed by atoms with Crippen LogP contribution in [0.1, 0.15) is 64.9 Å². The van der Waals surface area contributed by atoms with Gasteiger partial charge in [0.25, 0.3) is 0 Å². The number of carboxylic acid groups (broad SMARTS) is 2. The smallest absolute Gasteiger partial charge is 0.335 e. The number of carboxylic acids is 2. The van der Waals surface area contributed by atoms with Crippen LogP contribution in [0.2, 0.25) is 0 Å². The molecule has 0 aliphatic rings. The summed E-state index contributed by atoms with van der Waals surface area (Å²) in [5.41, 5.74) is 0.849. The van der Waals surface area contributed by atoms with E-state index < -0.39 is 48.0 Å². The molecule has 2 unspecified atom stereocenters. The number of nitrogens with zero attached hydrogens (tertiary/aromatic N) is 2. The van der Waals surface area contributed by atoms with Gasteiger partial charge in [-0.15, -0.1) is 0 Å². The summed E-state index contributed by atoms with van der Waals surface area (Å²) in [6.07, 6.45) is -0.813. The topological polar surface area (TPSA) is 205 Å². The molecule has 2 aromatic rings. The maximum Gasteiger partial charge on any atom is 0.335 e. The van der Waals surface area contributed by atoms with E-state index in [1.54, 1.807) is 0 Å². The van der Waals surface area contributed by atoms with E-state index in [1.165, 1.54) is 24.5 Å². The summed E-state index contributed by atoms with van der Waals surface area (Å²) in [6, 6.07) is 2.59. The van der Waals surface area contributed by atoms with Gasteiger partial charge in [-0.2, -0.15) is 0 Å². The van der Waals surface area contributed by atoms with Gasteiger partial charge in [-0.25, -0.2) is 18.4 Å². The van der Waals surface area contributed by atoms with Gasteiger partial charge < -0.3 is 41.3 Å². The molecule has 0 aromatic carbocycles. The second kappa shape index (κ2) is 16.8. The van der Waals surface area contributed by atoms with Crippen LogP contribution in [0.15, 0.2) is 36.9 Å². The largest absolute Gasteiger partial charge is 0.479 e. The van der Waals surface area contributed by atoms with Crippen molar-refractivity contribution in [2.75, 3.05) is 13.1 Å². The van der Waals surface area contributed by atoms with Crippen LogP contribution in [0, 0.1) is 11.6 Å². The van der Waals surface area contributed by atoms with Crippen molar-refractivity contribution < 1.29 is 49.0 Å². The number of carbonyl (C=O) groups is 2. The van der Waals surface area contributed by atoms with Gasteiger partial charge in [0.1, 0.15) is 11.6 Å². The summed E-state index contributed by atoms with van der Waals surface area (Å²) in [7, 11) is 0. The Morgan fingerprint density at radius 1 is 0.700 bits per heavy atom. The third-order valence-corrected chi connectivity index (χ3v) is 4.68. The van der Waals surface area contributed by atoms with Gasteiger partial charge in [-0.1, -0.05) is 0 Å². The second-order valence-electron chi connectivity index (χ2n) is 10.7. The predicted molar refractivity (Wildman–Crippen MR) is 141 cm³/mol. The van der Waals surface area contributed by atoms with Crippen LogP contribution in [0.25, 0.3) is 0 Å². The number of aliphatic hydroxyl groups is 4. The average molecular weight is 575 g/mol. The van der Waals surface area contributed by atoms with Crippen molar-refractivity contribution in [3.63, 3.8) is 0 Å². The van der Waals surface area contributed by atoms with E-state index in [0.29, 0.717) is 24.2 Å². The lowest BCUT2D eigenvalue weighted by molar-refractivity contribution is -0.165. The number of rotatable bonds is 9. The average Bonchev–Trinajstić information content (AvgIpc) is 2.84. The first-order valence-electron chi connectivity index (χ1n) is 12.1. The SMILES string of the molecule is CC(C)(C)NC[C@H](O)c1cncc(F)c1.CC(C)(C)NC[C@H](O)c1cncc(F)c1.O=C(O)C(O)C(O)C(=O)O. The molecule has 2 rings (SSSR count). The summed E-state index contributed by atoms with van der Waals surface area (Å²) in [5.74, 6) is -4.39. The molecule has 0 aliphatic carbocycles. The zero-order valence-electron chi connectivity index (χ0n) is 23.3. The van der Waals surface area contributed by atoms with Gasteiger partial charge >= 0.3 is 11.9 Å². The molecule has 0 spiro atoms. The van der Waals surface area contributed by atoms with Crippen LogP contribution >= 0.6 is 0 Å². The molecule has 226 valence electrons. The van der Waals surface area contributed by atoms with E-state index in [2.05, 4.69) is 20.6 Å². The van der Waals surface area contributed by atoms with Gasteiger partial charge in [0.05, 0.1) is 24.6 Å². The lowest BCUT2D eigenvalue weighted by Gasteiger charge is -2.22. The summed E-state index contributed by atoms with van der Waals surface area (Å²) in [6.45, 7) is 12.8. The monoisotopic (exact) mass is 574 g/mol. The molecule has 14 heteroatoms. The number of nitrogens with one attached hydrogen (secondary N) is 2. The fourth-order valence-corrected chi connectivity index (χ4v) is 2.53. The zero-order chi connectivity index (χ0) is 31.3. The molecule has 0 bridgehead atoms. The van der Waals surface area contributed by atoms with Crippen molar-refractivity contribution in [1.29, 1.82) is 0 Å². The molecule has 12 nitrogen and oxygen atoms in total. The van der Waals surface area contributed by atoms with Gasteiger partial charge in [0, 0.05) is 47.7 Å². The molecular formula is C26H40F2N4O8. The van der Waals surface area contributed by atoms with Crippen LogP contribution in [0.5, 0.6) is 0 Å². The normalized spacial score (nSPS) is 14.4. The van der Waals surface area contributed by atoms with Crippen molar-refractivity contribution in [3.05, 3.63) is 59.7 Å². The standard InChI is InChI=1S/2C11H17FN2O.C4H6O6/c2*1-11(2,3)14-7-10(15)8-4-9(12)6-13-5-8;5-1(3(7)8)2(6)4(9)10/h2*4-6,10,14-15H,7H2,1-3H3;1-2,5-6H,(H,7,8)(H,9,10)/t2*10-;/m00./s1. The first-order chi connectivity index (χ1) is 18.2. The van der Waals surface area contributed by atoms with E-state index in [4.69, 9.17) is 20.4 Å². The minimum atomic E-state index is -2.27. The highest BCUT2D eigenvalue weighted by Gasteiger charge is 2.29. The molecule has 0 amide bonds. The Morgan fingerprint density at radius 2 is 1.00 bits per heavy atom. The fraction of sp³-hybridized carbons (Fsp3) is 0.538. The lowest BCUT2D eigenvalue weighted by atomic mass is 10.1. The molecule has 40 heavy (non-hydrogen) atoms. The van der Waals surface area contributed by atoms with Crippen LogP contribution in [-0.4, -0.2) is 88.9 Å². The zero-order valence-corrected chi connectivity index (χ0v) is 23.3. The van der Waals surface area contributed by atoms with Crippen molar-refractivity contribution in [1.82, 2.24) is 20.6 Å². The molecule has 4 atom stereocenters. The minimum absolute atomic E-state index is 0.0677. The number of aliphatic hydroxyl groups excluding tert-OH is 4. The van der Waals surface area contributed by atoms with Crippen LogP contribution in [-0.2, 0) is 9.59 Å². The Hall–Kier alpha value is -3.14. The molecule has 2 aromatic heterocycles. The minimum Gasteiger partial charge on any atom is -0.479 e. The van der Waals surface area contributed by atoms with E-state index in [9.17, 15) is 28.6 Å². The van der Waals surface area contributed by atoms with E-state index in [0.717, 1.165) is 12.4 Å². The van der Waals surface area contributed by atoms with Gasteiger partial charge in [0.2, 0.25) is 0 Å². The molecular weight excluding hydrogens is 534 g/mol. The van der Waals surface area contributed by atoms with Gasteiger partial charge in [0.15, 0.2) is 12.2 Å². The van der Waals surface area contributed by atoms with Crippen molar-refractivity contribution in [2.45, 2.75) is 77.0 Å². The summed E-state index contributed by atoms with van der Waals surface area (Å²) < 4.78 is 25.6. The maximum absolute atomic E-state index is 12.8. The predicted octanol–water partition coefficient (Wildman–Crippen LogP) is 1.16. The lowest BCUT2D eigenvalue weighted by Crippen LogP contribution is -2.39. The first kappa shape index (κ1) is 36.9. The number of halogens is 2. The van der Waals surface area contributed by atoms with E-state index in [-0.39, 0.29) is 11.1 Å². The molecule has 2 heterocycles. The first-order valence-corrected chi connectivity index (χ1v) is 12.1. The Bertz CT molecular complexity index is 980. The fourth-order valence-electron chi connectivity index (χ4n) is 2.53. The highest BCUT2D eigenvalue weighted by atomic mass is 19.1. The molecule has 0 aliphatic heterocycles. The second-order valence-corrected chi connectivity index (χ2v) is 10.7. The van der Waals surface area contributed by atoms with Crippen molar-refractivity contribution in [2.24, 2.45) is 0 Å². The maximum atomic E-state index is 12.8. The highest BCUT2D eigenvalue weighted by Crippen LogP contribution is 2.14. The quantitative estimate of drug-likeness (QED) is 0.212. The van der Waals surface area contributed by atoms with Crippen molar-refractivity contribution in [3.8, 4) is 0 Å². The number of aliphatic carboxylic acids is 2. The Labute approximate surface area is 231 Å². The summed E-state index contributed by atoms with van der Waals surface area (Å²) in [5, 5.41) is 58.3. The van der Waals surface area contributed by atoms with Crippen LogP contribution in [0.4, 0.5) is 8.78 Å². The number of β-amino-alcohol motifs (C(OH)–C–C–N with tert-alkyl or cyclic N) is 2. The number of pyridine rings is 2.